The monoisotopic (exact) mass is 187 g/mol. The highest BCUT2D eigenvalue weighted by Crippen LogP contribution is 2.34. The second-order valence-corrected chi connectivity index (χ2v) is 3.18. The largest absolute Gasteiger partial charge is 0.486 e. The molecule has 0 amide bonds. The first-order valence-electron chi connectivity index (χ1n) is 3.23. The van der Waals surface area contributed by atoms with Crippen molar-refractivity contribution in [3.8, 4) is 5.75 Å². The van der Waals surface area contributed by atoms with Crippen molar-refractivity contribution >= 4 is 23.2 Å². The van der Waals surface area contributed by atoms with Gasteiger partial charge in [-0.2, -0.15) is 0 Å². The number of hydrogen-bond acceptors (Lipinski definition) is 1. The summed E-state index contributed by atoms with van der Waals surface area (Å²) in [6.07, 6.45) is 0.812. The molecule has 0 saturated heterocycles. The standard InChI is InChI=1S/C8H5Cl2O/c9-6-3-5-1-2-11-8(5)4-7(6)10/h2-4H,1H2. The lowest BCUT2D eigenvalue weighted by Crippen LogP contribution is -1.78. The lowest BCUT2D eigenvalue weighted by Gasteiger charge is -1.99. The average molecular weight is 188 g/mol. The fraction of sp³-hybridized carbons (Fsp3) is 0.125. The molecular formula is C8H5Cl2O. The number of ether oxygens (including phenoxy) is 1. The van der Waals surface area contributed by atoms with E-state index in [2.05, 4.69) is 0 Å². The molecule has 0 bridgehead atoms. The molecule has 1 aliphatic rings. The number of benzene rings is 1. The molecule has 1 radical (unpaired) electrons. The zero-order chi connectivity index (χ0) is 7.84. The van der Waals surface area contributed by atoms with Crippen molar-refractivity contribution in [3.05, 3.63) is 34.3 Å². The van der Waals surface area contributed by atoms with E-state index in [-0.39, 0.29) is 0 Å². The Kier molecular flexibility index (Phi) is 1.70. The first-order valence-corrected chi connectivity index (χ1v) is 3.99. The molecule has 0 spiro atoms. The van der Waals surface area contributed by atoms with Crippen molar-refractivity contribution in [1.29, 1.82) is 0 Å². The second kappa shape index (κ2) is 2.58. The van der Waals surface area contributed by atoms with Crippen LogP contribution in [0.25, 0.3) is 0 Å². The fourth-order valence-corrected chi connectivity index (χ4v) is 1.40. The van der Waals surface area contributed by atoms with Crippen LogP contribution in [-0.4, -0.2) is 0 Å². The highest BCUT2D eigenvalue weighted by molar-refractivity contribution is 6.42. The van der Waals surface area contributed by atoms with E-state index in [1.165, 1.54) is 0 Å². The maximum absolute atomic E-state index is 5.79. The van der Waals surface area contributed by atoms with Crippen LogP contribution in [-0.2, 0) is 6.42 Å². The third kappa shape index (κ3) is 1.19. The maximum Gasteiger partial charge on any atom is 0.140 e. The Hall–Kier alpha value is -0.400. The van der Waals surface area contributed by atoms with Gasteiger partial charge in [-0.3, -0.25) is 0 Å². The van der Waals surface area contributed by atoms with Gasteiger partial charge in [-0.05, 0) is 11.6 Å². The average Bonchev–Trinajstić information content (AvgIpc) is 2.36. The normalized spacial score (nSPS) is 14.4. The van der Waals surface area contributed by atoms with Crippen LogP contribution in [0.15, 0.2) is 12.1 Å². The Morgan fingerprint density at radius 3 is 2.73 bits per heavy atom. The van der Waals surface area contributed by atoms with Gasteiger partial charge in [0, 0.05) is 12.5 Å². The fourth-order valence-electron chi connectivity index (χ4n) is 1.06. The van der Waals surface area contributed by atoms with Crippen molar-refractivity contribution in [2.24, 2.45) is 0 Å². The summed E-state index contributed by atoms with van der Waals surface area (Å²) in [5.74, 6) is 0.819. The molecule has 1 nitrogen and oxygen atoms in total. The highest BCUT2D eigenvalue weighted by atomic mass is 35.5. The van der Waals surface area contributed by atoms with Gasteiger partial charge in [0.05, 0.1) is 10.0 Å². The first-order chi connectivity index (χ1) is 5.27. The zero-order valence-corrected chi connectivity index (χ0v) is 7.12. The Morgan fingerprint density at radius 2 is 1.91 bits per heavy atom. The van der Waals surface area contributed by atoms with Crippen molar-refractivity contribution in [3.63, 3.8) is 0 Å². The molecule has 0 aliphatic carbocycles. The lowest BCUT2D eigenvalue weighted by molar-refractivity contribution is 0.435. The molecule has 1 heterocycles. The zero-order valence-electron chi connectivity index (χ0n) is 5.60. The van der Waals surface area contributed by atoms with Crippen molar-refractivity contribution in [1.82, 2.24) is 0 Å². The molecule has 0 unspecified atom stereocenters. The molecule has 11 heavy (non-hydrogen) atoms. The van der Waals surface area contributed by atoms with E-state index in [1.54, 1.807) is 12.7 Å². The summed E-state index contributed by atoms with van der Waals surface area (Å²) in [5, 5.41) is 1.13. The molecular weight excluding hydrogens is 183 g/mol. The number of hydrogen-bond donors (Lipinski definition) is 0. The van der Waals surface area contributed by atoms with Crippen molar-refractivity contribution in [2.45, 2.75) is 6.42 Å². The number of rotatable bonds is 0. The summed E-state index contributed by atoms with van der Waals surface area (Å²) in [7, 11) is 0. The summed E-state index contributed by atoms with van der Waals surface area (Å²) in [5.41, 5.74) is 1.10. The minimum absolute atomic E-state index is 0.542. The molecule has 1 aliphatic heterocycles. The SMILES string of the molecule is Clc1cc2c(cc1Cl)O[CH]C2. The summed E-state index contributed by atoms with van der Waals surface area (Å²) in [6.45, 7) is 1.73. The Bertz CT molecular complexity index is 267. The molecule has 0 N–H and O–H groups in total. The van der Waals surface area contributed by atoms with Gasteiger partial charge < -0.3 is 4.74 Å². The second-order valence-electron chi connectivity index (χ2n) is 2.36. The van der Waals surface area contributed by atoms with Crippen LogP contribution in [0.5, 0.6) is 5.75 Å². The van der Waals surface area contributed by atoms with E-state index in [0.29, 0.717) is 10.0 Å². The van der Waals surface area contributed by atoms with Crippen molar-refractivity contribution < 1.29 is 4.74 Å². The van der Waals surface area contributed by atoms with Crippen molar-refractivity contribution in [2.75, 3.05) is 0 Å². The molecule has 0 atom stereocenters. The van der Waals surface area contributed by atoms with Crippen LogP contribution in [0.3, 0.4) is 0 Å². The van der Waals surface area contributed by atoms with Crippen LogP contribution < -0.4 is 4.74 Å². The minimum atomic E-state index is 0.542. The molecule has 1 aromatic rings. The van der Waals surface area contributed by atoms with Gasteiger partial charge in [0.1, 0.15) is 12.4 Å². The molecule has 2 rings (SSSR count). The number of halogens is 2. The molecule has 1 aromatic carbocycles. The van der Waals surface area contributed by atoms with Gasteiger partial charge >= 0.3 is 0 Å². The molecule has 3 heteroatoms. The summed E-state index contributed by atoms with van der Waals surface area (Å²) in [4.78, 5) is 0. The summed E-state index contributed by atoms with van der Waals surface area (Å²) < 4.78 is 5.17. The number of fused-ring (bicyclic) bond motifs is 1. The van der Waals surface area contributed by atoms with Crippen LogP contribution in [0.4, 0.5) is 0 Å². The van der Waals surface area contributed by atoms with Gasteiger partial charge in [-0.1, -0.05) is 23.2 Å². The highest BCUT2D eigenvalue weighted by Gasteiger charge is 2.14. The third-order valence-corrected chi connectivity index (χ3v) is 2.34. The topological polar surface area (TPSA) is 9.23 Å². The van der Waals surface area contributed by atoms with E-state index in [4.69, 9.17) is 27.9 Å². The lowest BCUT2D eigenvalue weighted by atomic mass is 10.2. The summed E-state index contributed by atoms with van der Waals surface area (Å²) in [6, 6.07) is 3.57. The van der Waals surface area contributed by atoms with Gasteiger partial charge in [0.15, 0.2) is 0 Å². The van der Waals surface area contributed by atoms with Gasteiger partial charge in [-0.25, -0.2) is 0 Å². The van der Waals surface area contributed by atoms with Crippen LogP contribution in [0, 0.1) is 6.61 Å². The molecule has 0 saturated carbocycles. The predicted molar refractivity (Wildman–Crippen MR) is 45.1 cm³/mol. The minimum Gasteiger partial charge on any atom is -0.486 e. The van der Waals surface area contributed by atoms with E-state index >= 15 is 0 Å². The first kappa shape index (κ1) is 7.26. The van der Waals surface area contributed by atoms with Crippen LogP contribution in [0.2, 0.25) is 10.0 Å². The Balaban J connectivity index is 2.57. The van der Waals surface area contributed by atoms with Crippen LogP contribution in [0.1, 0.15) is 5.56 Å². The Morgan fingerprint density at radius 1 is 1.18 bits per heavy atom. The van der Waals surface area contributed by atoms with Gasteiger partial charge in [0.2, 0.25) is 0 Å². The molecule has 0 fully saturated rings. The van der Waals surface area contributed by atoms with E-state index in [9.17, 15) is 0 Å². The van der Waals surface area contributed by atoms with Gasteiger partial charge in [0.25, 0.3) is 0 Å². The van der Waals surface area contributed by atoms with Crippen LogP contribution >= 0.6 is 23.2 Å². The Labute approximate surface area is 74.9 Å². The molecule has 0 aromatic heterocycles. The predicted octanol–water partition coefficient (Wildman–Crippen LogP) is 3.09. The van der Waals surface area contributed by atoms with E-state index in [1.807, 2.05) is 6.07 Å². The smallest absolute Gasteiger partial charge is 0.140 e. The van der Waals surface area contributed by atoms with E-state index < -0.39 is 0 Å². The molecule has 57 valence electrons. The summed E-state index contributed by atoms with van der Waals surface area (Å²) >= 11 is 11.6. The quantitative estimate of drug-likeness (QED) is 0.607. The van der Waals surface area contributed by atoms with Gasteiger partial charge in [-0.15, -0.1) is 0 Å². The maximum atomic E-state index is 5.79. The van der Waals surface area contributed by atoms with E-state index in [0.717, 1.165) is 17.7 Å². The third-order valence-electron chi connectivity index (χ3n) is 1.62.